The van der Waals surface area contributed by atoms with Crippen molar-refractivity contribution in [3.05, 3.63) is 36.5 Å². The summed E-state index contributed by atoms with van der Waals surface area (Å²) in [5.41, 5.74) is 0. The Morgan fingerprint density at radius 3 is 1.74 bits per heavy atom. The van der Waals surface area contributed by atoms with E-state index in [0.717, 1.165) is 57.8 Å². The largest absolute Gasteiger partial charge is 0.481 e. The molecule has 1 atom stereocenters. The van der Waals surface area contributed by atoms with Crippen LogP contribution in [0.25, 0.3) is 0 Å². The molecule has 4 nitrogen and oxygen atoms in total. The van der Waals surface area contributed by atoms with E-state index in [2.05, 4.69) is 44.2 Å². The van der Waals surface area contributed by atoms with Crippen molar-refractivity contribution in [3.63, 3.8) is 0 Å². The topological polar surface area (TPSA) is 63.6 Å². The lowest BCUT2D eigenvalue weighted by atomic mass is 10.1. The monoisotopic (exact) mass is 546 g/mol. The fourth-order valence-corrected chi connectivity index (χ4v) is 4.60. The van der Waals surface area contributed by atoms with Gasteiger partial charge in [-0.15, -0.1) is 0 Å². The molecule has 226 valence electrons. The number of aliphatic carboxylic acids is 1. The molecule has 0 aliphatic carbocycles. The number of carboxylic acids is 1. The smallest absolute Gasteiger partial charge is 0.306 e. The average molecular weight is 547 g/mol. The van der Waals surface area contributed by atoms with Crippen molar-refractivity contribution in [2.24, 2.45) is 0 Å². The molecule has 0 amide bonds. The zero-order chi connectivity index (χ0) is 28.7. The van der Waals surface area contributed by atoms with Crippen LogP contribution < -0.4 is 0 Å². The highest BCUT2D eigenvalue weighted by Crippen LogP contribution is 2.14. The Hall–Kier alpha value is -1.84. The number of carbonyl (C=O) groups excluding carboxylic acids is 1. The van der Waals surface area contributed by atoms with Gasteiger partial charge in [-0.2, -0.15) is 0 Å². The van der Waals surface area contributed by atoms with Gasteiger partial charge in [0.2, 0.25) is 0 Å². The maximum atomic E-state index is 12.4. The van der Waals surface area contributed by atoms with E-state index >= 15 is 0 Å². The van der Waals surface area contributed by atoms with Crippen LogP contribution in [0.3, 0.4) is 0 Å². The maximum Gasteiger partial charge on any atom is 0.306 e. The van der Waals surface area contributed by atoms with Crippen LogP contribution in [-0.2, 0) is 14.3 Å². The van der Waals surface area contributed by atoms with Gasteiger partial charge >= 0.3 is 11.9 Å². The van der Waals surface area contributed by atoms with Crippen LogP contribution in [0.4, 0.5) is 0 Å². The van der Waals surface area contributed by atoms with Crippen LogP contribution in [-0.4, -0.2) is 23.1 Å². The van der Waals surface area contributed by atoms with Gasteiger partial charge in [-0.25, -0.2) is 0 Å². The molecule has 0 heterocycles. The Labute approximate surface area is 241 Å². The number of hydrogen-bond acceptors (Lipinski definition) is 3. The van der Waals surface area contributed by atoms with Gasteiger partial charge in [0.25, 0.3) is 0 Å². The van der Waals surface area contributed by atoms with Crippen molar-refractivity contribution in [3.8, 4) is 0 Å². The van der Waals surface area contributed by atoms with Gasteiger partial charge in [0.15, 0.2) is 0 Å². The summed E-state index contributed by atoms with van der Waals surface area (Å²) in [4.78, 5) is 23.1. The van der Waals surface area contributed by atoms with Gasteiger partial charge in [0, 0.05) is 12.8 Å². The molecule has 4 heteroatoms. The van der Waals surface area contributed by atoms with Crippen LogP contribution in [0, 0.1) is 0 Å². The zero-order valence-electron chi connectivity index (χ0n) is 25.7. The summed E-state index contributed by atoms with van der Waals surface area (Å²) in [6.45, 7) is 4.44. The summed E-state index contributed by atoms with van der Waals surface area (Å²) < 4.78 is 5.79. The highest BCUT2D eigenvalue weighted by Gasteiger charge is 2.11. The number of unbranched alkanes of at least 4 members (excludes halogenated alkanes) is 16. The molecular formula is C35H62O4. The summed E-state index contributed by atoms with van der Waals surface area (Å²) in [5, 5.41) is 8.77. The van der Waals surface area contributed by atoms with Crippen LogP contribution in [0.1, 0.15) is 168 Å². The van der Waals surface area contributed by atoms with E-state index in [0.29, 0.717) is 12.8 Å². The number of hydrogen-bond donors (Lipinski definition) is 1. The Bertz CT molecular complexity index is 635. The van der Waals surface area contributed by atoms with Crippen LogP contribution in [0.15, 0.2) is 36.5 Å². The predicted octanol–water partition coefficient (Wildman–Crippen LogP) is 11.1. The second-order valence-electron chi connectivity index (χ2n) is 11.0. The van der Waals surface area contributed by atoms with Crippen LogP contribution in [0.2, 0.25) is 0 Å². The first-order valence-electron chi connectivity index (χ1n) is 16.5. The molecule has 0 aliphatic rings. The van der Waals surface area contributed by atoms with E-state index in [1.54, 1.807) is 0 Å². The lowest BCUT2D eigenvalue weighted by Gasteiger charge is -2.14. The minimum atomic E-state index is -0.730. The molecule has 0 bridgehead atoms. The molecule has 0 radical (unpaired) electrons. The molecule has 1 N–H and O–H groups in total. The van der Waals surface area contributed by atoms with Crippen molar-refractivity contribution in [1.82, 2.24) is 0 Å². The normalized spacial score (nSPS) is 12.7. The molecule has 0 aromatic heterocycles. The molecule has 0 aromatic rings. The zero-order valence-corrected chi connectivity index (χ0v) is 25.7. The number of allylic oxidation sites excluding steroid dienone is 5. The van der Waals surface area contributed by atoms with E-state index in [1.165, 1.54) is 77.0 Å². The number of ether oxygens (including phenoxy) is 1. The summed E-state index contributed by atoms with van der Waals surface area (Å²) in [6, 6.07) is 0. The van der Waals surface area contributed by atoms with Crippen molar-refractivity contribution < 1.29 is 19.4 Å². The molecule has 0 saturated heterocycles. The first-order chi connectivity index (χ1) is 19.1. The summed E-state index contributed by atoms with van der Waals surface area (Å²) in [7, 11) is 0. The number of carboxylic acid groups (broad SMARTS) is 1. The fourth-order valence-electron chi connectivity index (χ4n) is 4.60. The second kappa shape index (κ2) is 30.7. The number of esters is 1. The van der Waals surface area contributed by atoms with E-state index in [4.69, 9.17) is 9.84 Å². The molecular weight excluding hydrogens is 484 g/mol. The lowest BCUT2D eigenvalue weighted by Crippen LogP contribution is -2.16. The lowest BCUT2D eigenvalue weighted by molar-refractivity contribution is -0.147. The molecule has 39 heavy (non-hydrogen) atoms. The van der Waals surface area contributed by atoms with Crippen molar-refractivity contribution in [2.75, 3.05) is 0 Å². The Kier molecular flexibility index (Phi) is 29.2. The molecule has 0 rings (SSSR count). The minimum absolute atomic E-state index is 0.0923. The molecule has 0 spiro atoms. The third kappa shape index (κ3) is 30.6. The van der Waals surface area contributed by atoms with Crippen LogP contribution >= 0.6 is 0 Å². The third-order valence-electron chi connectivity index (χ3n) is 7.05. The molecule has 1 unspecified atom stereocenters. The Morgan fingerprint density at radius 2 is 1.13 bits per heavy atom. The maximum absolute atomic E-state index is 12.4. The van der Waals surface area contributed by atoms with Crippen molar-refractivity contribution >= 4 is 11.9 Å². The van der Waals surface area contributed by atoms with Gasteiger partial charge in [0.1, 0.15) is 6.10 Å². The SMILES string of the molecule is CCC/C=C\C/C=C\C(CCCCCCC(=O)O)OC(=O)CCCCCCC/C=C\CCCCCCCCC. The van der Waals surface area contributed by atoms with E-state index in [-0.39, 0.29) is 18.5 Å². The molecule has 0 aromatic carbocycles. The minimum Gasteiger partial charge on any atom is -0.481 e. The first-order valence-corrected chi connectivity index (χ1v) is 16.5. The van der Waals surface area contributed by atoms with E-state index in [9.17, 15) is 9.59 Å². The average Bonchev–Trinajstić information content (AvgIpc) is 2.91. The Morgan fingerprint density at radius 1 is 0.590 bits per heavy atom. The Balaban J connectivity index is 3.96. The summed E-state index contributed by atoms with van der Waals surface area (Å²) in [5.74, 6) is -0.822. The quantitative estimate of drug-likeness (QED) is 0.0575. The summed E-state index contributed by atoms with van der Waals surface area (Å²) >= 11 is 0. The molecule has 0 fully saturated rings. The van der Waals surface area contributed by atoms with E-state index < -0.39 is 5.97 Å². The van der Waals surface area contributed by atoms with Gasteiger partial charge in [-0.1, -0.05) is 121 Å². The number of rotatable bonds is 29. The second-order valence-corrected chi connectivity index (χ2v) is 11.0. The van der Waals surface area contributed by atoms with Gasteiger partial charge in [0.05, 0.1) is 0 Å². The fraction of sp³-hybridized carbons (Fsp3) is 0.771. The predicted molar refractivity (Wildman–Crippen MR) is 167 cm³/mol. The van der Waals surface area contributed by atoms with Gasteiger partial charge in [-0.05, 0) is 70.3 Å². The number of carbonyl (C=O) groups is 2. The standard InChI is InChI=1S/C35H62O4/c1-3-5-7-9-11-12-13-14-15-16-17-18-19-20-22-28-32-35(38)39-33(29-25-21-10-8-6-4-2)30-26-23-24-27-31-34(36)37/h8,10,15-16,25,29,33H,3-7,9,11-14,17-24,26-28,30-32H2,1-2H3,(H,36,37)/b10-8-,16-15-,29-25-. The highest BCUT2D eigenvalue weighted by atomic mass is 16.5. The van der Waals surface area contributed by atoms with Gasteiger partial charge in [-0.3, -0.25) is 9.59 Å². The highest BCUT2D eigenvalue weighted by molar-refractivity contribution is 5.69. The third-order valence-corrected chi connectivity index (χ3v) is 7.05. The van der Waals surface area contributed by atoms with Crippen molar-refractivity contribution in [2.45, 2.75) is 174 Å². The van der Waals surface area contributed by atoms with Gasteiger partial charge < -0.3 is 9.84 Å². The van der Waals surface area contributed by atoms with Crippen LogP contribution in [0.5, 0.6) is 0 Å². The van der Waals surface area contributed by atoms with Crippen molar-refractivity contribution in [1.29, 1.82) is 0 Å². The first kappa shape index (κ1) is 37.2. The molecule has 0 saturated carbocycles. The summed E-state index contributed by atoms with van der Waals surface area (Å²) in [6.07, 6.45) is 38.9. The molecule has 0 aliphatic heterocycles. The van der Waals surface area contributed by atoms with E-state index in [1.807, 2.05) is 6.08 Å².